The molecule has 0 amide bonds. The number of rotatable bonds is 9. The van der Waals surface area contributed by atoms with E-state index in [9.17, 15) is 4.79 Å². The molecular weight excluding hydrogens is 472 g/mol. The third-order valence-electron chi connectivity index (χ3n) is 6.91. The highest BCUT2D eigenvalue weighted by atomic mass is 16.6. The summed E-state index contributed by atoms with van der Waals surface area (Å²) in [5.41, 5.74) is 2.53. The van der Waals surface area contributed by atoms with Crippen LogP contribution in [0.25, 0.3) is 10.9 Å². The summed E-state index contributed by atoms with van der Waals surface area (Å²) in [7, 11) is 0. The van der Waals surface area contributed by atoms with Crippen molar-refractivity contribution in [1.82, 2.24) is 30.1 Å². The first-order valence-electron chi connectivity index (χ1n) is 12.8. The molecular formula is C27H30N6O4. The Kier molecular flexibility index (Phi) is 6.83. The van der Waals surface area contributed by atoms with Crippen LogP contribution in [0.2, 0.25) is 0 Å². The molecule has 1 atom stereocenters. The normalized spacial score (nSPS) is 17.1. The van der Waals surface area contributed by atoms with Gasteiger partial charge in [-0.1, -0.05) is 30.3 Å². The van der Waals surface area contributed by atoms with E-state index in [0.29, 0.717) is 49.9 Å². The van der Waals surface area contributed by atoms with Gasteiger partial charge in [0.25, 0.3) is 5.56 Å². The third-order valence-corrected chi connectivity index (χ3v) is 6.91. The third kappa shape index (κ3) is 5.50. The Morgan fingerprint density at radius 2 is 1.86 bits per heavy atom. The maximum Gasteiger partial charge on any atom is 0.252 e. The Morgan fingerprint density at radius 1 is 1.03 bits per heavy atom. The molecule has 1 fully saturated rings. The summed E-state index contributed by atoms with van der Waals surface area (Å²) in [4.78, 5) is 18.3. The minimum atomic E-state index is -0.118. The molecule has 192 valence electrons. The molecule has 2 aliphatic rings. The van der Waals surface area contributed by atoms with Crippen LogP contribution < -0.4 is 15.0 Å². The molecule has 0 unspecified atom stereocenters. The highest BCUT2D eigenvalue weighted by Gasteiger charge is 2.21. The molecule has 1 saturated heterocycles. The maximum absolute atomic E-state index is 13.1. The molecule has 6 rings (SSSR count). The van der Waals surface area contributed by atoms with Crippen LogP contribution in [0.1, 0.15) is 29.8 Å². The smallest absolute Gasteiger partial charge is 0.252 e. The zero-order chi connectivity index (χ0) is 25.0. The molecule has 10 nitrogen and oxygen atoms in total. The molecule has 0 spiro atoms. The van der Waals surface area contributed by atoms with Crippen molar-refractivity contribution < 1.29 is 14.2 Å². The predicted molar refractivity (Wildman–Crippen MR) is 137 cm³/mol. The van der Waals surface area contributed by atoms with E-state index in [1.807, 2.05) is 41.1 Å². The van der Waals surface area contributed by atoms with Crippen LogP contribution in [0.15, 0.2) is 53.3 Å². The zero-order valence-corrected chi connectivity index (χ0v) is 20.6. The number of aromatic amines is 1. The van der Waals surface area contributed by atoms with Crippen molar-refractivity contribution in [2.45, 2.75) is 45.0 Å². The van der Waals surface area contributed by atoms with Gasteiger partial charge in [0.05, 0.1) is 24.7 Å². The number of hydrogen-bond acceptors (Lipinski definition) is 8. The van der Waals surface area contributed by atoms with Crippen LogP contribution in [0.4, 0.5) is 0 Å². The summed E-state index contributed by atoms with van der Waals surface area (Å²) in [6.07, 6.45) is 3.07. The van der Waals surface area contributed by atoms with E-state index >= 15 is 0 Å². The van der Waals surface area contributed by atoms with E-state index in [1.165, 1.54) is 5.56 Å². The SMILES string of the molecule is O=c1[nH]c2cc3c(cc2cc1CN(CCc1ccccc1)Cc1nnnn1C[C@@H]1CCCO1)OCCO3. The summed E-state index contributed by atoms with van der Waals surface area (Å²) in [6, 6.07) is 16.0. The van der Waals surface area contributed by atoms with E-state index in [4.69, 9.17) is 14.2 Å². The van der Waals surface area contributed by atoms with Crippen LogP contribution in [0.3, 0.4) is 0 Å². The summed E-state index contributed by atoms with van der Waals surface area (Å²) < 4.78 is 19.0. The van der Waals surface area contributed by atoms with Crippen molar-refractivity contribution in [3.05, 3.63) is 75.8 Å². The molecule has 1 N–H and O–H groups in total. The van der Waals surface area contributed by atoms with Gasteiger partial charge in [0.15, 0.2) is 17.3 Å². The molecule has 0 aliphatic carbocycles. The van der Waals surface area contributed by atoms with Gasteiger partial charge < -0.3 is 19.2 Å². The minimum Gasteiger partial charge on any atom is -0.486 e. The number of H-pyrrole nitrogens is 1. The lowest BCUT2D eigenvalue weighted by atomic mass is 10.1. The first-order valence-corrected chi connectivity index (χ1v) is 12.8. The Balaban J connectivity index is 1.26. The number of tetrazole rings is 1. The van der Waals surface area contributed by atoms with Crippen molar-refractivity contribution in [3.8, 4) is 11.5 Å². The number of benzene rings is 2. The molecule has 2 aromatic carbocycles. The van der Waals surface area contributed by atoms with Gasteiger partial charge in [-0.15, -0.1) is 5.10 Å². The van der Waals surface area contributed by atoms with Crippen molar-refractivity contribution >= 4 is 10.9 Å². The Morgan fingerprint density at radius 3 is 2.68 bits per heavy atom. The fraction of sp³-hybridized carbons (Fsp3) is 0.407. The zero-order valence-electron chi connectivity index (χ0n) is 20.6. The summed E-state index contributed by atoms with van der Waals surface area (Å²) in [5.74, 6) is 2.12. The monoisotopic (exact) mass is 502 g/mol. The van der Waals surface area contributed by atoms with Crippen LogP contribution in [-0.2, 0) is 30.8 Å². The van der Waals surface area contributed by atoms with Crippen molar-refractivity contribution in [2.75, 3.05) is 26.4 Å². The molecule has 4 aromatic rings. The van der Waals surface area contributed by atoms with E-state index in [0.717, 1.165) is 49.1 Å². The number of fused-ring (bicyclic) bond motifs is 2. The fourth-order valence-corrected chi connectivity index (χ4v) is 4.95. The van der Waals surface area contributed by atoms with E-state index in [2.05, 4.69) is 37.5 Å². The fourth-order valence-electron chi connectivity index (χ4n) is 4.95. The molecule has 0 bridgehead atoms. The van der Waals surface area contributed by atoms with Gasteiger partial charge in [0, 0.05) is 36.7 Å². The summed E-state index contributed by atoms with van der Waals surface area (Å²) >= 11 is 0. The van der Waals surface area contributed by atoms with E-state index < -0.39 is 0 Å². The number of ether oxygens (including phenoxy) is 3. The second-order valence-electron chi connectivity index (χ2n) is 9.57. The average Bonchev–Trinajstić information content (AvgIpc) is 3.60. The molecule has 10 heteroatoms. The van der Waals surface area contributed by atoms with Gasteiger partial charge in [0.1, 0.15) is 13.2 Å². The summed E-state index contributed by atoms with van der Waals surface area (Å²) in [6.45, 7) is 4.17. The molecule has 2 aromatic heterocycles. The van der Waals surface area contributed by atoms with Crippen molar-refractivity contribution in [2.24, 2.45) is 0 Å². The predicted octanol–water partition coefficient (Wildman–Crippen LogP) is 2.71. The van der Waals surface area contributed by atoms with Crippen LogP contribution in [0, 0.1) is 0 Å². The lowest BCUT2D eigenvalue weighted by Gasteiger charge is -2.22. The molecule has 37 heavy (non-hydrogen) atoms. The van der Waals surface area contributed by atoms with Crippen molar-refractivity contribution in [3.63, 3.8) is 0 Å². The number of hydrogen-bond donors (Lipinski definition) is 1. The summed E-state index contributed by atoms with van der Waals surface area (Å²) in [5, 5.41) is 13.4. The quantitative estimate of drug-likeness (QED) is 0.372. The largest absolute Gasteiger partial charge is 0.486 e. The molecule has 0 saturated carbocycles. The Hall–Kier alpha value is -3.76. The van der Waals surface area contributed by atoms with E-state index in [1.54, 1.807) is 0 Å². The van der Waals surface area contributed by atoms with Gasteiger partial charge in [-0.25, -0.2) is 4.68 Å². The van der Waals surface area contributed by atoms with Crippen molar-refractivity contribution in [1.29, 1.82) is 0 Å². The van der Waals surface area contributed by atoms with Gasteiger partial charge in [0.2, 0.25) is 0 Å². The topological polar surface area (TPSA) is 107 Å². The molecule has 2 aliphatic heterocycles. The lowest BCUT2D eigenvalue weighted by molar-refractivity contribution is 0.0916. The molecule has 4 heterocycles. The van der Waals surface area contributed by atoms with E-state index in [-0.39, 0.29) is 11.7 Å². The second kappa shape index (κ2) is 10.7. The Bertz CT molecular complexity index is 1410. The van der Waals surface area contributed by atoms with Gasteiger partial charge in [-0.2, -0.15) is 0 Å². The number of pyridine rings is 1. The van der Waals surface area contributed by atoms with Gasteiger partial charge in [-0.05, 0) is 47.4 Å². The van der Waals surface area contributed by atoms with Crippen LogP contribution in [0.5, 0.6) is 11.5 Å². The van der Waals surface area contributed by atoms with Crippen LogP contribution in [-0.4, -0.2) is 62.6 Å². The second-order valence-corrected chi connectivity index (χ2v) is 9.57. The number of nitrogens with one attached hydrogen (secondary N) is 1. The average molecular weight is 503 g/mol. The standard InChI is InChI=1S/C27H30N6O4/c34-27-21(13-20-14-24-25(15-23(20)28-27)37-12-11-36-24)16-32(9-8-19-5-2-1-3-6-19)18-26-29-30-31-33(26)17-22-7-4-10-35-22/h1-3,5-6,13-15,22H,4,7-12,16-18H2,(H,28,34)/t22-/m0/s1. The highest BCUT2D eigenvalue weighted by Crippen LogP contribution is 2.33. The first-order chi connectivity index (χ1) is 18.2. The lowest BCUT2D eigenvalue weighted by Crippen LogP contribution is -2.30. The maximum atomic E-state index is 13.1. The Labute approximate surface area is 214 Å². The minimum absolute atomic E-state index is 0.118. The van der Waals surface area contributed by atoms with Crippen LogP contribution >= 0.6 is 0 Å². The van der Waals surface area contributed by atoms with Gasteiger partial charge >= 0.3 is 0 Å². The number of nitrogens with zero attached hydrogens (tertiary/aromatic N) is 5. The molecule has 0 radical (unpaired) electrons. The van der Waals surface area contributed by atoms with Gasteiger partial charge in [-0.3, -0.25) is 9.69 Å². The first kappa shape index (κ1) is 23.6. The number of aromatic nitrogens is 5. The highest BCUT2D eigenvalue weighted by molar-refractivity contribution is 5.83.